The molecule has 0 bridgehead atoms. The lowest BCUT2D eigenvalue weighted by Gasteiger charge is -2.16. The van der Waals surface area contributed by atoms with Gasteiger partial charge in [-0.05, 0) is 13.3 Å². The molecule has 0 aliphatic carbocycles. The summed E-state index contributed by atoms with van der Waals surface area (Å²) in [7, 11) is 0. The lowest BCUT2D eigenvalue weighted by Crippen LogP contribution is -2.24. The van der Waals surface area contributed by atoms with Gasteiger partial charge in [-0.15, -0.1) is 0 Å². The van der Waals surface area contributed by atoms with Gasteiger partial charge in [-0.25, -0.2) is 4.98 Å². The summed E-state index contributed by atoms with van der Waals surface area (Å²) in [4.78, 5) is 4.64. The summed E-state index contributed by atoms with van der Waals surface area (Å²) in [5.74, 6) is 0.953. The van der Waals surface area contributed by atoms with E-state index in [4.69, 9.17) is 18.0 Å². The SMILES string of the molecule is CCC(C(N)=S)n1ccnc1C. The lowest BCUT2D eigenvalue weighted by molar-refractivity contribution is 0.602. The van der Waals surface area contributed by atoms with Crippen molar-refractivity contribution < 1.29 is 0 Å². The zero-order valence-corrected chi connectivity index (χ0v) is 8.14. The van der Waals surface area contributed by atoms with Crippen molar-refractivity contribution in [2.75, 3.05) is 0 Å². The Balaban J connectivity index is 2.94. The molecule has 0 amide bonds. The molecule has 0 spiro atoms. The number of rotatable bonds is 3. The van der Waals surface area contributed by atoms with Crippen LogP contribution in [0.1, 0.15) is 25.2 Å². The molecule has 0 fully saturated rings. The van der Waals surface area contributed by atoms with Crippen molar-refractivity contribution in [3.63, 3.8) is 0 Å². The van der Waals surface area contributed by atoms with Gasteiger partial charge in [0, 0.05) is 12.4 Å². The zero-order valence-electron chi connectivity index (χ0n) is 7.32. The van der Waals surface area contributed by atoms with Gasteiger partial charge in [-0.1, -0.05) is 19.1 Å². The lowest BCUT2D eigenvalue weighted by atomic mass is 10.2. The van der Waals surface area contributed by atoms with Gasteiger partial charge in [-0.3, -0.25) is 0 Å². The van der Waals surface area contributed by atoms with Gasteiger partial charge < -0.3 is 10.3 Å². The second-order valence-electron chi connectivity index (χ2n) is 2.71. The molecule has 0 radical (unpaired) electrons. The van der Waals surface area contributed by atoms with E-state index in [0.717, 1.165) is 12.2 Å². The highest BCUT2D eigenvalue weighted by molar-refractivity contribution is 7.80. The van der Waals surface area contributed by atoms with Gasteiger partial charge in [0.05, 0.1) is 11.0 Å². The summed E-state index contributed by atoms with van der Waals surface area (Å²) in [6.45, 7) is 4.00. The van der Waals surface area contributed by atoms with Gasteiger partial charge in [0.25, 0.3) is 0 Å². The van der Waals surface area contributed by atoms with Gasteiger partial charge in [0.2, 0.25) is 0 Å². The molecule has 1 heterocycles. The normalized spacial score (nSPS) is 12.8. The topological polar surface area (TPSA) is 43.8 Å². The van der Waals surface area contributed by atoms with E-state index >= 15 is 0 Å². The molecule has 1 atom stereocenters. The van der Waals surface area contributed by atoms with Gasteiger partial charge in [-0.2, -0.15) is 0 Å². The molecule has 0 aromatic carbocycles. The van der Waals surface area contributed by atoms with E-state index in [0.29, 0.717) is 4.99 Å². The van der Waals surface area contributed by atoms with Crippen LogP contribution in [0.25, 0.3) is 0 Å². The van der Waals surface area contributed by atoms with Gasteiger partial charge >= 0.3 is 0 Å². The predicted octanol–water partition coefficient (Wildman–Crippen LogP) is 1.43. The molecule has 1 unspecified atom stereocenters. The maximum Gasteiger partial charge on any atom is 0.106 e. The summed E-state index contributed by atoms with van der Waals surface area (Å²) < 4.78 is 2.00. The second-order valence-corrected chi connectivity index (χ2v) is 3.18. The van der Waals surface area contributed by atoms with Crippen molar-refractivity contribution in [2.24, 2.45) is 5.73 Å². The maximum absolute atomic E-state index is 5.59. The summed E-state index contributed by atoms with van der Waals surface area (Å²) in [5, 5.41) is 0. The second kappa shape index (κ2) is 3.67. The Hall–Kier alpha value is -0.900. The number of aryl methyl sites for hydroxylation is 1. The minimum atomic E-state index is 0.113. The van der Waals surface area contributed by atoms with Crippen LogP contribution < -0.4 is 5.73 Å². The minimum Gasteiger partial charge on any atom is -0.392 e. The highest BCUT2D eigenvalue weighted by atomic mass is 32.1. The Bertz CT molecular complexity index is 280. The van der Waals surface area contributed by atoms with Crippen LogP contribution in [0.3, 0.4) is 0 Å². The van der Waals surface area contributed by atoms with Crippen molar-refractivity contribution >= 4 is 17.2 Å². The number of hydrogen-bond donors (Lipinski definition) is 1. The number of thiocarbonyl (C=S) groups is 1. The van der Waals surface area contributed by atoms with E-state index < -0.39 is 0 Å². The van der Waals surface area contributed by atoms with Crippen LogP contribution in [-0.4, -0.2) is 14.5 Å². The molecule has 12 heavy (non-hydrogen) atoms. The molecule has 0 saturated heterocycles. The first kappa shape index (κ1) is 9.19. The number of nitrogens with two attached hydrogens (primary N) is 1. The Kier molecular flexibility index (Phi) is 2.81. The summed E-state index contributed by atoms with van der Waals surface area (Å²) in [6, 6.07) is 0.113. The van der Waals surface area contributed by atoms with Crippen LogP contribution in [0.2, 0.25) is 0 Å². The van der Waals surface area contributed by atoms with E-state index in [-0.39, 0.29) is 6.04 Å². The molecule has 1 aromatic rings. The Morgan fingerprint density at radius 3 is 2.83 bits per heavy atom. The van der Waals surface area contributed by atoms with E-state index in [1.807, 2.05) is 17.7 Å². The molecule has 0 aliphatic rings. The molecule has 1 rings (SSSR count). The average Bonchev–Trinajstić information content (AvgIpc) is 2.38. The molecule has 1 aromatic heterocycles. The summed E-state index contributed by atoms with van der Waals surface area (Å²) in [6.07, 6.45) is 4.57. The van der Waals surface area contributed by atoms with Gasteiger partial charge in [0.1, 0.15) is 5.82 Å². The van der Waals surface area contributed by atoms with Crippen LogP contribution in [0.5, 0.6) is 0 Å². The largest absolute Gasteiger partial charge is 0.392 e. The van der Waals surface area contributed by atoms with Crippen LogP contribution in [0.4, 0.5) is 0 Å². The molecule has 0 aliphatic heterocycles. The van der Waals surface area contributed by atoms with E-state index in [2.05, 4.69) is 11.9 Å². The standard InChI is InChI=1S/C8H13N3S/c1-3-7(8(9)12)11-5-4-10-6(11)2/h4-5,7H,3H2,1-2H3,(H2,9,12). The third-order valence-electron chi connectivity index (χ3n) is 1.91. The predicted molar refractivity (Wildman–Crippen MR) is 53.1 cm³/mol. The third kappa shape index (κ3) is 1.64. The Morgan fingerprint density at radius 1 is 1.83 bits per heavy atom. The fourth-order valence-corrected chi connectivity index (χ4v) is 1.53. The number of hydrogen-bond acceptors (Lipinski definition) is 2. The summed E-state index contributed by atoms with van der Waals surface area (Å²) >= 11 is 4.95. The first-order chi connectivity index (χ1) is 5.66. The van der Waals surface area contributed by atoms with Crippen molar-refractivity contribution in [3.8, 4) is 0 Å². The monoisotopic (exact) mass is 183 g/mol. The molecular weight excluding hydrogens is 170 g/mol. The van der Waals surface area contributed by atoms with Crippen LogP contribution in [0, 0.1) is 6.92 Å². The van der Waals surface area contributed by atoms with E-state index in [1.165, 1.54) is 0 Å². The fraction of sp³-hybridized carbons (Fsp3) is 0.500. The number of nitrogens with zero attached hydrogens (tertiary/aromatic N) is 2. The summed E-state index contributed by atoms with van der Waals surface area (Å²) in [5.41, 5.74) is 5.59. The van der Waals surface area contributed by atoms with E-state index in [9.17, 15) is 0 Å². The van der Waals surface area contributed by atoms with Crippen LogP contribution >= 0.6 is 12.2 Å². The van der Waals surface area contributed by atoms with E-state index in [1.54, 1.807) is 6.20 Å². The number of imidazole rings is 1. The molecule has 2 N–H and O–H groups in total. The maximum atomic E-state index is 5.59. The van der Waals surface area contributed by atoms with Crippen molar-refractivity contribution in [1.82, 2.24) is 9.55 Å². The first-order valence-corrected chi connectivity index (χ1v) is 4.36. The zero-order chi connectivity index (χ0) is 9.14. The smallest absolute Gasteiger partial charge is 0.106 e. The molecule has 3 nitrogen and oxygen atoms in total. The average molecular weight is 183 g/mol. The Labute approximate surface area is 77.6 Å². The molecule has 4 heteroatoms. The van der Waals surface area contributed by atoms with Crippen molar-refractivity contribution in [1.29, 1.82) is 0 Å². The molecule has 0 saturated carbocycles. The minimum absolute atomic E-state index is 0.113. The fourth-order valence-electron chi connectivity index (χ4n) is 1.25. The first-order valence-electron chi connectivity index (χ1n) is 3.95. The van der Waals surface area contributed by atoms with Crippen molar-refractivity contribution in [2.45, 2.75) is 26.3 Å². The Morgan fingerprint density at radius 2 is 2.50 bits per heavy atom. The van der Waals surface area contributed by atoms with Crippen LogP contribution in [0.15, 0.2) is 12.4 Å². The number of aromatic nitrogens is 2. The third-order valence-corrected chi connectivity index (χ3v) is 2.19. The van der Waals surface area contributed by atoms with Crippen molar-refractivity contribution in [3.05, 3.63) is 18.2 Å². The molecular formula is C8H13N3S. The van der Waals surface area contributed by atoms with Crippen LogP contribution in [-0.2, 0) is 0 Å². The quantitative estimate of drug-likeness (QED) is 0.721. The molecule has 66 valence electrons. The highest BCUT2D eigenvalue weighted by Gasteiger charge is 2.12. The van der Waals surface area contributed by atoms with Gasteiger partial charge in [0.15, 0.2) is 0 Å². The highest BCUT2D eigenvalue weighted by Crippen LogP contribution is 2.13.